The van der Waals surface area contributed by atoms with Crippen LogP contribution in [0.1, 0.15) is 6.42 Å². The van der Waals surface area contributed by atoms with Crippen molar-refractivity contribution in [2.75, 3.05) is 5.33 Å². The summed E-state index contributed by atoms with van der Waals surface area (Å²) in [5.41, 5.74) is 0.0723. The summed E-state index contributed by atoms with van der Waals surface area (Å²) in [6, 6.07) is 0. The van der Waals surface area contributed by atoms with Gasteiger partial charge in [0.15, 0.2) is 0 Å². The molecule has 0 saturated carbocycles. The first kappa shape index (κ1) is 6.63. The fourth-order valence-corrected chi connectivity index (χ4v) is 2.83. The number of ether oxygens (including phenoxy) is 2. The lowest BCUT2D eigenvalue weighted by Crippen LogP contribution is -2.26. The molecule has 1 spiro atoms. The number of alkyl halides is 1. The molecule has 0 radical (unpaired) electrons. The highest BCUT2D eigenvalue weighted by Gasteiger charge is 2.66. The van der Waals surface area contributed by atoms with Gasteiger partial charge >= 0.3 is 0 Å². The monoisotopic (exact) mass is 216 g/mol. The Labute approximate surface area is 73.7 Å². The molecular weight excluding hydrogens is 208 g/mol. The normalized spacial score (nSPS) is 57.7. The summed E-state index contributed by atoms with van der Waals surface area (Å²) < 4.78 is 11.3. The quantitative estimate of drug-likeness (QED) is 0.374. The Hall–Kier alpha value is 0.140. The number of hydrogen-bond donors (Lipinski definition) is 0. The fourth-order valence-electron chi connectivity index (χ4n) is 2.15. The van der Waals surface area contributed by atoms with Crippen molar-refractivity contribution >= 4 is 15.9 Å². The molecule has 2 nitrogen and oxygen atoms in total. The fraction of sp³-hybridized carbons (Fsp3) is 0.750. The van der Waals surface area contributed by atoms with Gasteiger partial charge < -0.3 is 9.47 Å². The molecule has 0 aromatic carbocycles. The van der Waals surface area contributed by atoms with Gasteiger partial charge in [0.25, 0.3) is 0 Å². The van der Waals surface area contributed by atoms with Gasteiger partial charge in [-0.2, -0.15) is 0 Å². The summed E-state index contributed by atoms with van der Waals surface area (Å²) in [4.78, 5) is 0. The van der Waals surface area contributed by atoms with Gasteiger partial charge in [-0.3, -0.25) is 0 Å². The van der Waals surface area contributed by atoms with E-state index in [1.165, 1.54) is 0 Å². The number of epoxide rings is 1. The maximum atomic E-state index is 5.63. The number of halogens is 1. The van der Waals surface area contributed by atoms with Crippen molar-refractivity contribution in [3.8, 4) is 0 Å². The van der Waals surface area contributed by atoms with Gasteiger partial charge in [-0.15, -0.1) is 0 Å². The second-order valence-corrected chi connectivity index (χ2v) is 4.05. The van der Waals surface area contributed by atoms with Crippen LogP contribution in [0.25, 0.3) is 0 Å². The molecule has 2 bridgehead atoms. The van der Waals surface area contributed by atoms with Crippen LogP contribution in [0.3, 0.4) is 0 Å². The summed E-state index contributed by atoms with van der Waals surface area (Å²) in [6.45, 7) is 0. The molecule has 2 saturated heterocycles. The second kappa shape index (κ2) is 1.90. The number of rotatable bonds is 1. The molecule has 3 aliphatic heterocycles. The van der Waals surface area contributed by atoms with Gasteiger partial charge in [0, 0.05) is 11.8 Å². The molecule has 3 rings (SSSR count). The topological polar surface area (TPSA) is 21.8 Å². The van der Waals surface area contributed by atoms with Crippen LogP contribution in [0.5, 0.6) is 0 Å². The molecule has 3 heteroatoms. The average Bonchev–Trinajstić information content (AvgIpc) is 2.45. The van der Waals surface area contributed by atoms with Crippen LogP contribution in [-0.4, -0.2) is 29.2 Å². The molecule has 0 aliphatic carbocycles. The second-order valence-electron chi connectivity index (χ2n) is 3.40. The van der Waals surface area contributed by atoms with E-state index in [0.717, 1.165) is 11.8 Å². The average molecular weight is 217 g/mol. The van der Waals surface area contributed by atoms with Gasteiger partial charge in [0.1, 0.15) is 17.8 Å². The highest BCUT2D eigenvalue weighted by atomic mass is 79.9. The zero-order chi connectivity index (χ0) is 7.47. The van der Waals surface area contributed by atoms with Crippen LogP contribution in [0, 0.1) is 0 Å². The summed E-state index contributed by atoms with van der Waals surface area (Å²) in [5, 5.41) is 0.938. The van der Waals surface area contributed by atoms with E-state index in [1.807, 2.05) is 0 Å². The first-order chi connectivity index (χ1) is 5.35. The van der Waals surface area contributed by atoms with E-state index in [-0.39, 0.29) is 11.7 Å². The molecule has 0 N–H and O–H groups in total. The number of fused-ring (bicyclic) bond motifs is 3. The molecule has 4 unspecified atom stereocenters. The van der Waals surface area contributed by atoms with Gasteiger partial charge in [-0.1, -0.05) is 28.1 Å². The maximum absolute atomic E-state index is 5.63. The van der Waals surface area contributed by atoms with Crippen LogP contribution in [0.2, 0.25) is 0 Å². The Morgan fingerprint density at radius 1 is 1.55 bits per heavy atom. The van der Waals surface area contributed by atoms with E-state index >= 15 is 0 Å². The van der Waals surface area contributed by atoms with Crippen LogP contribution in [0.15, 0.2) is 12.2 Å². The third-order valence-corrected chi connectivity index (χ3v) is 3.40. The van der Waals surface area contributed by atoms with E-state index in [2.05, 4.69) is 28.1 Å². The summed E-state index contributed by atoms with van der Waals surface area (Å²) >= 11 is 3.43. The first-order valence-electron chi connectivity index (χ1n) is 3.93. The van der Waals surface area contributed by atoms with E-state index in [9.17, 15) is 0 Å². The third-order valence-electron chi connectivity index (χ3n) is 2.81. The highest BCUT2D eigenvalue weighted by Crippen LogP contribution is 2.53. The SMILES string of the molecule is BrCC1OC12CC1C=CC2O1. The highest BCUT2D eigenvalue weighted by molar-refractivity contribution is 9.09. The van der Waals surface area contributed by atoms with Crippen LogP contribution < -0.4 is 0 Å². The number of hydrogen-bond acceptors (Lipinski definition) is 2. The lowest BCUT2D eigenvalue weighted by atomic mass is 9.91. The van der Waals surface area contributed by atoms with E-state index < -0.39 is 0 Å². The maximum Gasteiger partial charge on any atom is 0.128 e. The predicted molar refractivity (Wildman–Crippen MR) is 43.8 cm³/mol. The molecule has 3 aliphatic rings. The van der Waals surface area contributed by atoms with Crippen LogP contribution in [-0.2, 0) is 9.47 Å². The van der Waals surface area contributed by atoms with Crippen molar-refractivity contribution < 1.29 is 9.47 Å². The molecule has 60 valence electrons. The lowest BCUT2D eigenvalue weighted by molar-refractivity contribution is 0.0985. The zero-order valence-electron chi connectivity index (χ0n) is 6.00. The molecule has 0 aromatic rings. The summed E-state index contributed by atoms with van der Waals surface area (Å²) in [7, 11) is 0. The van der Waals surface area contributed by atoms with Crippen molar-refractivity contribution in [2.24, 2.45) is 0 Å². The Morgan fingerprint density at radius 2 is 2.45 bits per heavy atom. The molecule has 4 atom stereocenters. The van der Waals surface area contributed by atoms with E-state index in [1.54, 1.807) is 0 Å². The summed E-state index contributed by atoms with van der Waals surface area (Å²) in [5.74, 6) is 0. The van der Waals surface area contributed by atoms with E-state index in [4.69, 9.17) is 9.47 Å². The van der Waals surface area contributed by atoms with Crippen molar-refractivity contribution in [1.29, 1.82) is 0 Å². The van der Waals surface area contributed by atoms with Crippen molar-refractivity contribution in [3.63, 3.8) is 0 Å². The van der Waals surface area contributed by atoms with E-state index in [0.29, 0.717) is 12.2 Å². The van der Waals surface area contributed by atoms with Crippen molar-refractivity contribution in [3.05, 3.63) is 12.2 Å². The van der Waals surface area contributed by atoms with Crippen LogP contribution in [0.4, 0.5) is 0 Å². The van der Waals surface area contributed by atoms with Gasteiger partial charge in [0.05, 0.1) is 6.10 Å². The molecule has 0 amide bonds. The van der Waals surface area contributed by atoms with Gasteiger partial charge in [-0.25, -0.2) is 0 Å². The molecule has 3 heterocycles. The Morgan fingerprint density at radius 3 is 2.91 bits per heavy atom. The molecule has 2 fully saturated rings. The van der Waals surface area contributed by atoms with Gasteiger partial charge in [0.2, 0.25) is 0 Å². The predicted octanol–water partition coefficient (Wildman–Crippen LogP) is 1.25. The van der Waals surface area contributed by atoms with Crippen molar-refractivity contribution in [2.45, 2.75) is 30.3 Å². The minimum atomic E-state index is 0.0723. The van der Waals surface area contributed by atoms with Gasteiger partial charge in [-0.05, 0) is 0 Å². The Kier molecular flexibility index (Phi) is 1.14. The minimum Gasteiger partial charge on any atom is -0.364 e. The molecule has 0 aromatic heterocycles. The first-order valence-corrected chi connectivity index (χ1v) is 5.05. The van der Waals surface area contributed by atoms with Crippen molar-refractivity contribution in [1.82, 2.24) is 0 Å². The van der Waals surface area contributed by atoms with Crippen LogP contribution >= 0.6 is 15.9 Å². The molecular formula is C8H9BrO2. The standard InChI is InChI=1S/C8H9BrO2/c9-4-7-8(11-7)3-5-1-2-6(8)10-5/h1-2,5-7H,3-4H2. The largest absolute Gasteiger partial charge is 0.364 e. The summed E-state index contributed by atoms with van der Waals surface area (Å²) in [6.07, 6.45) is 6.31. The zero-order valence-corrected chi connectivity index (χ0v) is 7.58. The molecule has 11 heavy (non-hydrogen) atoms. The minimum absolute atomic E-state index is 0.0723. The lowest BCUT2D eigenvalue weighted by Gasteiger charge is -2.09. The Balaban J connectivity index is 1.88. The third kappa shape index (κ3) is 0.693. The smallest absolute Gasteiger partial charge is 0.128 e. The Bertz CT molecular complexity index is 228.